The van der Waals surface area contributed by atoms with Crippen LogP contribution >= 0.6 is 0 Å². The van der Waals surface area contributed by atoms with Gasteiger partial charge >= 0.3 is 244 Å². The van der Waals surface area contributed by atoms with E-state index < -0.39 is 0 Å². The summed E-state index contributed by atoms with van der Waals surface area (Å²) in [6.07, 6.45) is 1.71. The molecule has 5 nitrogen and oxygen atoms in total. The van der Waals surface area contributed by atoms with Gasteiger partial charge in [-0.1, -0.05) is 98.7 Å². The minimum atomic E-state index is -0.314. The van der Waals surface area contributed by atoms with Crippen molar-refractivity contribution in [1.29, 1.82) is 0 Å². The van der Waals surface area contributed by atoms with Gasteiger partial charge in [0.2, 0.25) is 0 Å². The zero-order valence-corrected chi connectivity index (χ0v) is 39.2. The number of rotatable bonds is 5. The van der Waals surface area contributed by atoms with Crippen LogP contribution in [0.4, 0.5) is 0 Å². The summed E-state index contributed by atoms with van der Waals surface area (Å²) >= 11 is 0.163. The van der Waals surface area contributed by atoms with Gasteiger partial charge in [0.25, 0.3) is 0 Å². The van der Waals surface area contributed by atoms with Gasteiger partial charge in [0.15, 0.2) is 0 Å². The summed E-state index contributed by atoms with van der Waals surface area (Å²) in [5.41, 5.74) is 16.1. The number of aromatic hydroxyl groups is 1. The Morgan fingerprint density at radius 2 is 1.20 bits per heavy atom. The van der Waals surface area contributed by atoms with Crippen molar-refractivity contribution in [1.82, 2.24) is 19.5 Å². The first-order valence-electron chi connectivity index (χ1n) is 21.1. The molecule has 60 heavy (non-hydrogen) atoms. The first-order chi connectivity index (χ1) is 28.1. The molecule has 5 aromatic carbocycles. The second-order valence-corrected chi connectivity index (χ2v) is 22.4. The predicted molar refractivity (Wildman–Crippen MR) is 254 cm³/mol. The molecule has 3 heterocycles. The summed E-state index contributed by atoms with van der Waals surface area (Å²) in [4.78, 5) is 17.6. The molecule has 0 saturated carbocycles. The quantitative estimate of drug-likeness (QED) is 0.175. The molecule has 0 atom stereocenters. The van der Waals surface area contributed by atoms with Crippen molar-refractivity contribution in [3.8, 4) is 56.3 Å². The molecule has 3 aromatic heterocycles. The van der Waals surface area contributed by atoms with Crippen LogP contribution in [0.1, 0.15) is 111 Å². The summed E-state index contributed by atoms with van der Waals surface area (Å²) in [5, 5.41) is 12.5. The third-order valence-electron chi connectivity index (χ3n) is 11.8. The molecule has 1 N–H and O–H groups in total. The number of nitrogens with zero attached hydrogens (tertiary/aromatic N) is 4. The van der Waals surface area contributed by atoms with E-state index in [-0.39, 0.29) is 41.9 Å². The Bertz CT molecular complexity index is 2920. The van der Waals surface area contributed by atoms with Crippen LogP contribution in [0, 0.1) is 6.92 Å². The number of benzene rings is 5. The predicted octanol–water partition coefficient (Wildman–Crippen LogP) is 13.9. The fraction of sp³-hybridized carbons (Fsp3) is 0.315. The van der Waals surface area contributed by atoms with Gasteiger partial charge in [0.05, 0.1) is 0 Å². The average Bonchev–Trinajstić information content (AvgIpc) is 3.76. The first kappa shape index (κ1) is 41.4. The van der Waals surface area contributed by atoms with Crippen molar-refractivity contribution in [3.63, 3.8) is 0 Å². The van der Waals surface area contributed by atoms with E-state index in [1.807, 2.05) is 0 Å². The molecule has 8 aromatic rings. The van der Waals surface area contributed by atoms with Crippen molar-refractivity contribution in [2.45, 2.75) is 112 Å². The Labute approximate surface area is 362 Å². The Hall–Kier alpha value is -5.29. The standard InChI is InChI=1S/C54H58N4OSe/c1-32-30-60-49-45(32)55-31-56-46(49)35-24-34(25-37(26-35)52(5,6)7)39-20-17-21-44-47(39)57-50(41-28-38(53(8,9)10)29-42(48(41)59)54(11,12)13)58(44)43-23-22-36(51(2,3)4)27-40(43)33-18-15-14-16-19-33/h14-31,59H,1-13H3. The fourth-order valence-corrected chi connectivity index (χ4v) is 10.3. The van der Waals surface area contributed by atoms with Crippen molar-refractivity contribution in [3.05, 3.63) is 136 Å². The number of para-hydroxylation sites is 1. The Morgan fingerprint density at radius 1 is 0.550 bits per heavy atom. The second kappa shape index (κ2) is 14.7. The summed E-state index contributed by atoms with van der Waals surface area (Å²) in [6, 6.07) is 35.3. The van der Waals surface area contributed by atoms with Crippen LogP contribution in [-0.2, 0) is 21.7 Å². The number of phenolic OH excluding ortho intramolecular Hbond substituents is 1. The second-order valence-electron chi connectivity index (χ2n) is 20.6. The fourth-order valence-electron chi connectivity index (χ4n) is 8.14. The molecule has 6 heteroatoms. The monoisotopic (exact) mass is 858 g/mol. The number of aromatic nitrogens is 4. The van der Waals surface area contributed by atoms with Gasteiger partial charge in [-0.25, -0.2) is 0 Å². The zero-order chi connectivity index (χ0) is 43.1. The molecule has 306 valence electrons. The Balaban J connectivity index is 1.50. The van der Waals surface area contributed by atoms with Crippen molar-refractivity contribution < 1.29 is 5.11 Å². The summed E-state index contributed by atoms with van der Waals surface area (Å²) < 4.78 is 3.53. The maximum atomic E-state index is 12.5. The summed E-state index contributed by atoms with van der Waals surface area (Å²) in [5.74, 6) is 0.971. The minimum absolute atomic E-state index is 0.0641. The molecule has 0 radical (unpaired) electrons. The number of fused-ring (bicyclic) bond motifs is 2. The third-order valence-corrected chi connectivity index (χ3v) is 14.1. The van der Waals surface area contributed by atoms with Gasteiger partial charge in [0, 0.05) is 0 Å². The van der Waals surface area contributed by atoms with Gasteiger partial charge in [0.1, 0.15) is 0 Å². The van der Waals surface area contributed by atoms with E-state index >= 15 is 0 Å². The Morgan fingerprint density at radius 3 is 1.87 bits per heavy atom. The number of hydrogen-bond donors (Lipinski definition) is 1. The molecule has 0 aliphatic heterocycles. The number of hydrogen-bond acceptors (Lipinski definition) is 4. The normalized spacial score (nSPS) is 12.8. The summed E-state index contributed by atoms with van der Waals surface area (Å²) in [7, 11) is 0. The Kier molecular flexibility index (Phi) is 10.2. The molecule has 0 aliphatic rings. The first-order valence-corrected chi connectivity index (χ1v) is 22.9. The molecule has 0 fully saturated rings. The molecule has 0 saturated heterocycles. The van der Waals surface area contributed by atoms with E-state index in [4.69, 9.17) is 9.97 Å². The molecule has 8 rings (SSSR count). The maximum absolute atomic E-state index is 12.5. The van der Waals surface area contributed by atoms with Crippen molar-refractivity contribution >= 4 is 35.3 Å². The van der Waals surface area contributed by atoms with Gasteiger partial charge in [-0.3, -0.25) is 0 Å². The van der Waals surface area contributed by atoms with Crippen LogP contribution in [0.25, 0.3) is 71.4 Å². The van der Waals surface area contributed by atoms with Gasteiger partial charge < -0.3 is 0 Å². The van der Waals surface area contributed by atoms with Crippen LogP contribution in [0.2, 0.25) is 0 Å². The number of phenols is 1. The van der Waals surface area contributed by atoms with Gasteiger partial charge in [-0.15, -0.1) is 0 Å². The van der Waals surface area contributed by atoms with Crippen LogP contribution in [0.5, 0.6) is 5.75 Å². The van der Waals surface area contributed by atoms with E-state index in [9.17, 15) is 5.11 Å². The molecule has 0 bridgehead atoms. The van der Waals surface area contributed by atoms with Gasteiger partial charge in [-0.05, 0) is 21.8 Å². The topological polar surface area (TPSA) is 63.8 Å². The SMILES string of the molecule is Cc1c[se]c2c(-c3cc(-c4cccc5c4nc(-c4cc(C(C)(C)C)cc(C(C)(C)C)c4O)n5-c4ccc(C(C)(C)C)cc4-c4ccccc4)cc(C(C)(C)C)c3)ncnc12. The van der Waals surface area contributed by atoms with E-state index in [2.05, 4.69) is 202 Å². The van der Waals surface area contributed by atoms with Crippen LogP contribution in [0.3, 0.4) is 0 Å². The molecule has 0 unspecified atom stereocenters. The third kappa shape index (κ3) is 7.54. The molecular formula is C54H58N4OSe. The van der Waals surface area contributed by atoms with Crippen molar-refractivity contribution in [2.24, 2.45) is 0 Å². The number of imidazole rings is 1. The van der Waals surface area contributed by atoms with E-state index in [0.29, 0.717) is 5.82 Å². The van der Waals surface area contributed by atoms with Crippen LogP contribution in [-0.4, -0.2) is 39.1 Å². The zero-order valence-electron chi connectivity index (χ0n) is 37.5. The van der Waals surface area contributed by atoms with Crippen LogP contribution < -0.4 is 0 Å². The van der Waals surface area contributed by atoms with Crippen LogP contribution in [0.15, 0.2) is 108 Å². The molecular weight excluding hydrogens is 800 g/mol. The number of aryl methyl sites for hydroxylation is 1. The van der Waals surface area contributed by atoms with E-state index in [0.717, 1.165) is 72.4 Å². The molecule has 0 spiro atoms. The molecule has 0 aliphatic carbocycles. The van der Waals surface area contributed by atoms with E-state index in [1.165, 1.54) is 21.0 Å². The summed E-state index contributed by atoms with van der Waals surface area (Å²) in [6.45, 7) is 29.0. The van der Waals surface area contributed by atoms with Gasteiger partial charge in [-0.2, -0.15) is 0 Å². The van der Waals surface area contributed by atoms with Crippen molar-refractivity contribution in [2.75, 3.05) is 0 Å². The van der Waals surface area contributed by atoms with E-state index in [1.54, 1.807) is 6.33 Å². The average molecular weight is 858 g/mol. The molecule has 0 amide bonds.